The van der Waals surface area contributed by atoms with Gasteiger partial charge in [0.05, 0.1) is 11.0 Å². The SMILES string of the molecule is CCNC(c1ccn(CCS(=O)(=O)C(C)C)c1)C1CC1. The third-order valence-electron chi connectivity index (χ3n) is 4.00. The van der Waals surface area contributed by atoms with Crippen LogP contribution in [0.25, 0.3) is 0 Å². The van der Waals surface area contributed by atoms with E-state index in [9.17, 15) is 8.42 Å². The van der Waals surface area contributed by atoms with Crippen molar-refractivity contribution in [3.05, 3.63) is 24.0 Å². The summed E-state index contributed by atoms with van der Waals surface area (Å²) in [6.45, 7) is 7.12. The Hall–Kier alpha value is -0.810. The summed E-state index contributed by atoms with van der Waals surface area (Å²) in [6.07, 6.45) is 6.69. The van der Waals surface area contributed by atoms with Gasteiger partial charge in [0.15, 0.2) is 9.84 Å². The van der Waals surface area contributed by atoms with Crippen molar-refractivity contribution < 1.29 is 8.42 Å². The van der Waals surface area contributed by atoms with E-state index in [-0.39, 0.29) is 11.0 Å². The molecule has 5 heteroatoms. The van der Waals surface area contributed by atoms with Gasteiger partial charge in [-0.2, -0.15) is 0 Å². The van der Waals surface area contributed by atoms with Crippen molar-refractivity contribution in [3.8, 4) is 0 Å². The number of rotatable bonds is 8. The third-order valence-corrected chi connectivity index (χ3v) is 6.19. The van der Waals surface area contributed by atoms with Crippen LogP contribution in [0.1, 0.15) is 45.2 Å². The zero-order valence-corrected chi connectivity index (χ0v) is 13.5. The Morgan fingerprint density at radius 2 is 2.10 bits per heavy atom. The standard InChI is InChI=1S/C15H26N2O2S/c1-4-16-15(13-5-6-13)14-7-8-17(11-14)9-10-20(18,19)12(2)3/h7-8,11-13,15-16H,4-6,9-10H2,1-3H3. The summed E-state index contributed by atoms with van der Waals surface area (Å²) in [5, 5.41) is 3.24. The fraction of sp³-hybridized carbons (Fsp3) is 0.733. The van der Waals surface area contributed by atoms with Crippen molar-refractivity contribution in [2.45, 2.75) is 51.4 Å². The van der Waals surface area contributed by atoms with Crippen molar-refractivity contribution in [1.82, 2.24) is 9.88 Å². The highest BCUT2D eigenvalue weighted by atomic mass is 32.2. The van der Waals surface area contributed by atoms with Crippen LogP contribution in [0.5, 0.6) is 0 Å². The topological polar surface area (TPSA) is 51.1 Å². The lowest BCUT2D eigenvalue weighted by Crippen LogP contribution is -2.22. The van der Waals surface area contributed by atoms with Crippen LogP contribution >= 0.6 is 0 Å². The first-order chi connectivity index (χ1) is 9.44. The van der Waals surface area contributed by atoms with E-state index in [1.54, 1.807) is 13.8 Å². The molecule has 1 aromatic rings. The molecule has 1 aliphatic carbocycles. The molecule has 1 fully saturated rings. The number of nitrogens with one attached hydrogen (secondary N) is 1. The van der Waals surface area contributed by atoms with Gasteiger partial charge in [-0.25, -0.2) is 8.42 Å². The highest BCUT2D eigenvalue weighted by Crippen LogP contribution is 2.40. The molecule has 0 amide bonds. The molecule has 0 aromatic carbocycles. The number of nitrogens with zero attached hydrogens (tertiary/aromatic N) is 1. The second-order valence-electron chi connectivity index (χ2n) is 5.97. The molecule has 0 aliphatic heterocycles. The molecule has 1 unspecified atom stereocenters. The van der Waals surface area contributed by atoms with E-state index >= 15 is 0 Å². The van der Waals surface area contributed by atoms with Gasteiger partial charge >= 0.3 is 0 Å². The molecule has 0 spiro atoms. The minimum atomic E-state index is -2.96. The lowest BCUT2D eigenvalue weighted by Gasteiger charge is -2.15. The maximum atomic E-state index is 11.8. The Labute approximate surface area is 122 Å². The zero-order chi connectivity index (χ0) is 14.8. The Morgan fingerprint density at radius 3 is 2.65 bits per heavy atom. The Balaban J connectivity index is 1.98. The van der Waals surface area contributed by atoms with E-state index in [1.807, 2.05) is 10.8 Å². The van der Waals surface area contributed by atoms with Crippen molar-refractivity contribution in [2.75, 3.05) is 12.3 Å². The van der Waals surface area contributed by atoms with Gasteiger partial charge in [-0.3, -0.25) is 0 Å². The van der Waals surface area contributed by atoms with E-state index in [2.05, 4.69) is 24.5 Å². The highest BCUT2D eigenvalue weighted by molar-refractivity contribution is 7.91. The van der Waals surface area contributed by atoms with E-state index in [0.717, 1.165) is 12.5 Å². The van der Waals surface area contributed by atoms with Gasteiger partial charge < -0.3 is 9.88 Å². The molecular weight excluding hydrogens is 272 g/mol. The smallest absolute Gasteiger partial charge is 0.154 e. The predicted octanol–water partition coefficient (Wildman–Crippen LogP) is 2.37. The summed E-state index contributed by atoms with van der Waals surface area (Å²) >= 11 is 0. The highest BCUT2D eigenvalue weighted by Gasteiger charge is 2.32. The summed E-state index contributed by atoms with van der Waals surface area (Å²) in [5.41, 5.74) is 1.29. The lowest BCUT2D eigenvalue weighted by molar-refractivity contribution is 0.495. The predicted molar refractivity (Wildman–Crippen MR) is 82.5 cm³/mol. The first-order valence-electron chi connectivity index (χ1n) is 7.54. The van der Waals surface area contributed by atoms with E-state index in [4.69, 9.17) is 0 Å². The number of sulfone groups is 1. The quantitative estimate of drug-likeness (QED) is 0.801. The number of aryl methyl sites for hydroxylation is 1. The van der Waals surface area contributed by atoms with Gasteiger partial charge in [0, 0.05) is 25.0 Å². The summed E-state index contributed by atoms with van der Waals surface area (Å²) in [7, 11) is -2.96. The van der Waals surface area contributed by atoms with Crippen LogP contribution in [0.3, 0.4) is 0 Å². The fourth-order valence-corrected chi connectivity index (χ4v) is 3.39. The van der Waals surface area contributed by atoms with Crippen LogP contribution in [-0.4, -0.2) is 30.5 Å². The number of aromatic nitrogens is 1. The number of hydrogen-bond donors (Lipinski definition) is 1. The molecule has 0 saturated heterocycles. The Bertz CT molecular complexity index is 530. The second kappa shape index (κ2) is 6.31. The molecule has 20 heavy (non-hydrogen) atoms. The van der Waals surface area contributed by atoms with Crippen molar-refractivity contribution in [2.24, 2.45) is 5.92 Å². The summed E-state index contributed by atoms with van der Waals surface area (Å²) in [6, 6.07) is 2.55. The largest absolute Gasteiger partial charge is 0.353 e. The summed E-state index contributed by atoms with van der Waals surface area (Å²) in [4.78, 5) is 0. The van der Waals surface area contributed by atoms with Gasteiger partial charge in [-0.05, 0) is 50.8 Å². The number of hydrogen-bond acceptors (Lipinski definition) is 3. The van der Waals surface area contributed by atoms with Crippen LogP contribution < -0.4 is 5.32 Å². The molecule has 1 aromatic heterocycles. The average Bonchev–Trinajstić information content (AvgIpc) is 3.12. The molecular formula is C15H26N2O2S. The molecule has 1 N–H and O–H groups in total. The van der Waals surface area contributed by atoms with E-state index in [1.165, 1.54) is 18.4 Å². The fourth-order valence-electron chi connectivity index (χ4n) is 2.46. The minimum Gasteiger partial charge on any atom is -0.353 e. The monoisotopic (exact) mass is 298 g/mol. The second-order valence-corrected chi connectivity index (χ2v) is 8.65. The third kappa shape index (κ3) is 3.85. The molecule has 4 nitrogen and oxygen atoms in total. The molecule has 0 radical (unpaired) electrons. The van der Waals surface area contributed by atoms with Gasteiger partial charge in [0.1, 0.15) is 0 Å². The maximum Gasteiger partial charge on any atom is 0.154 e. The first kappa shape index (κ1) is 15.6. The van der Waals surface area contributed by atoms with Crippen LogP contribution in [0.2, 0.25) is 0 Å². The van der Waals surface area contributed by atoms with Gasteiger partial charge in [-0.1, -0.05) is 6.92 Å². The van der Waals surface area contributed by atoms with Crippen molar-refractivity contribution in [3.63, 3.8) is 0 Å². The first-order valence-corrected chi connectivity index (χ1v) is 9.26. The van der Waals surface area contributed by atoms with Crippen LogP contribution in [0, 0.1) is 5.92 Å². The van der Waals surface area contributed by atoms with Crippen LogP contribution in [-0.2, 0) is 16.4 Å². The minimum absolute atomic E-state index is 0.216. The maximum absolute atomic E-state index is 11.8. The molecule has 2 rings (SSSR count). The van der Waals surface area contributed by atoms with Gasteiger partial charge in [0.25, 0.3) is 0 Å². The molecule has 114 valence electrons. The normalized spacial score (nSPS) is 17.6. The molecule has 1 atom stereocenters. The Morgan fingerprint density at radius 1 is 1.40 bits per heavy atom. The van der Waals surface area contributed by atoms with Gasteiger partial charge in [0.2, 0.25) is 0 Å². The van der Waals surface area contributed by atoms with Crippen molar-refractivity contribution in [1.29, 1.82) is 0 Å². The molecule has 1 aliphatic rings. The molecule has 1 saturated carbocycles. The van der Waals surface area contributed by atoms with Crippen molar-refractivity contribution >= 4 is 9.84 Å². The lowest BCUT2D eigenvalue weighted by atomic mass is 10.1. The summed E-state index contributed by atoms with van der Waals surface area (Å²) in [5.74, 6) is 0.971. The zero-order valence-electron chi connectivity index (χ0n) is 12.7. The van der Waals surface area contributed by atoms with Gasteiger partial charge in [-0.15, -0.1) is 0 Å². The van der Waals surface area contributed by atoms with Crippen LogP contribution in [0.15, 0.2) is 18.5 Å². The summed E-state index contributed by atoms with van der Waals surface area (Å²) < 4.78 is 25.7. The van der Waals surface area contributed by atoms with E-state index in [0.29, 0.717) is 12.6 Å². The molecule has 0 bridgehead atoms. The average molecular weight is 298 g/mol. The van der Waals surface area contributed by atoms with Crippen LogP contribution in [0.4, 0.5) is 0 Å². The van der Waals surface area contributed by atoms with E-state index < -0.39 is 9.84 Å². The molecule has 1 heterocycles. The Kier molecular flexibility index (Phi) is 4.91.